The molecule has 1 aromatic carbocycles. The van der Waals surface area contributed by atoms with Crippen molar-refractivity contribution in [1.29, 1.82) is 0 Å². The van der Waals surface area contributed by atoms with Gasteiger partial charge in [0.15, 0.2) is 0 Å². The Bertz CT molecular complexity index is 591. The lowest BCUT2D eigenvalue weighted by Crippen LogP contribution is -2.07. The summed E-state index contributed by atoms with van der Waals surface area (Å²) in [6, 6.07) is 8.53. The van der Waals surface area contributed by atoms with Gasteiger partial charge in [-0.15, -0.1) is 0 Å². The first-order valence-electron chi connectivity index (χ1n) is 6.95. The van der Waals surface area contributed by atoms with E-state index in [-0.39, 0.29) is 0 Å². The van der Waals surface area contributed by atoms with E-state index in [9.17, 15) is 0 Å². The van der Waals surface area contributed by atoms with Crippen LogP contribution in [0, 0.1) is 0 Å². The molecule has 3 rings (SSSR count). The van der Waals surface area contributed by atoms with Crippen LogP contribution < -0.4 is 5.32 Å². The molecule has 20 heavy (non-hydrogen) atoms. The summed E-state index contributed by atoms with van der Waals surface area (Å²) in [7, 11) is 0. The van der Waals surface area contributed by atoms with Crippen molar-refractivity contribution in [2.45, 2.75) is 38.3 Å². The van der Waals surface area contributed by atoms with Crippen LogP contribution >= 0.6 is 27.5 Å². The molecule has 0 atom stereocenters. The van der Waals surface area contributed by atoms with Gasteiger partial charge >= 0.3 is 0 Å². The Hall–Kier alpha value is -1.00. The molecule has 0 saturated heterocycles. The van der Waals surface area contributed by atoms with Gasteiger partial charge in [-0.1, -0.05) is 24.4 Å². The van der Waals surface area contributed by atoms with Crippen molar-refractivity contribution in [2.24, 2.45) is 0 Å². The maximum Gasteiger partial charge on any atom is 0.0815 e. The second-order valence-electron chi connectivity index (χ2n) is 5.21. The van der Waals surface area contributed by atoms with Gasteiger partial charge in [0.1, 0.15) is 0 Å². The van der Waals surface area contributed by atoms with E-state index < -0.39 is 0 Å². The highest BCUT2D eigenvalue weighted by molar-refractivity contribution is 9.10. The summed E-state index contributed by atoms with van der Waals surface area (Å²) >= 11 is 9.41. The van der Waals surface area contributed by atoms with Crippen LogP contribution in [0.3, 0.4) is 0 Å². The van der Waals surface area contributed by atoms with E-state index in [1.165, 1.54) is 25.7 Å². The molecule has 0 unspecified atom stereocenters. The molecule has 0 amide bonds. The van der Waals surface area contributed by atoms with Gasteiger partial charge in [0.25, 0.3) is 0 Å². The summed E-state index contributed by atoms with van der Waals surface area (Å²) in [5.74, 6) is 0. The Morgan fingerprint density at radius 3 is 2.85 bits per heavy atom. The van der Waals surface area contributed by atoms with Crippen LogP contribution in [0.25, 0.3) is 0 Å². The maximum atomic E-state index is 5.98. The first-order valence-corrected chi connectivity index (χ1v) is 8.12. The number of benzene rings is 1. The van der Waals surface area contributed by atoms with Gasteiger partial charge in [0.05, 0.1) is 23.3 Å². The zero-order chi connectivity index (χ0) is 13.9. The van der Waals surface area contributed by atoms with Crippen molar-refractivity contribution in [3.63, 3.8) is 0 Å². The average molecular weight is 355 g/mol. The molecular formula is C15H17BrClN3. The van der Waals surface area contributed by atoms with Crippen molar-refractivity contribution < 1.29 is 0 Å². The van der Waals surface area contributed by atoms with Crippen LogP contribution in [0.1, 0.15) is 37.4 Å². The van der Waals surface area contributed by atoms with Crippen molar-refractivity contribution in [3.05, 3.63) is 45.7 Å². The summed E-state index contributed by atoms with van der Waals surface area (Å²) in [6.45, 7) is 0.730. The van der Waals surface area contributed by atoms with Crippen molar-refractivity contribution in [3.8, 4) is 0 Å². The molecule has 5 heteroatoms. The predicted octanol–water partition coefficient (Wildman–Crippen LogP) is 5.03. The second kappa shape index (κ2) is 6.19. The van der Waals surface area contributed by atoms with Crippen LogP contribution in [-0.2, 0) is 6.54 Å². The molecule has 1 aliphatic rings. The first-order chi connectivity index (χ1) is 9.72. The molecule has 1 aromatic heterocycles. The molecule has 2 aromatic rings. The fraction of sp³-hybridized carbons (Fsp3) is 0.400. The average Bonchev–Trinajstić information content (AvgIpc) is 3.09. The second-order valence-corrected chi connectivity index (χ2v) is 6.47. The highest BCUT2D eigenvalue weighted by Crippen LogP contribution is 2.29. The summed E-state index contributed by atoms with van der Waals surface area (Å²) in [5, 5.41) is 8.76. The van der Waals surface area contributed by atoms with Gasteiger partial charge < -0.3 is 5.32 Å². The molecule has 1 aliphatic carbocycles. The molecular weight excluding hydrogens is 338 g/mol. The molecule has 106 valence electrons. The molecule has 3 nitrogen and oxygen atoms in total. The zero-order valence-electron chi connectivity index (χ0n) is 11.1. The lowest BCUT2D eigenvalue weighted by atomic mass is 10.3. The predicted molar refractivity (Wildman–Crippen MR) is 86.2 cm³/mol. The smallest absolute Gasteiger partial charge is 0.0815 e. The van der Waals surface area contributed by atoms with Crippen LogP contribution in [0.2, 0.25) is 5.02 Å². The van der Waals surface area contributed by atoms with E-state index in [4.69, 9.17) is 11.6 Å². The Labute approximate surface area is 132 Å². The minimum Gasteiger partial charge on any atom is -0.379 e. The topological polar surface area (TPSA) is 29.9 Å². The Balaban J connectivity index is 1.61. The number of anilines is 1. The van der Waals surface area contributed by atoms with E-state index in [2.05, 4.69) is 43.3 Å². The van der Waals surface area contributed by atoms with Gasteiger partial charge in [0.2, 0.25) is 0 Å². The lowest BCUT2D eigenvalue weighted by molar-refractivity contribution is 0.463. The van der Waals surface area contributed by atoms with Crippen LogP contribution in [0.5, 0.6) is 0 Å². The van der Waals surface area contributed by atoms with Crippen LogP contribution in [-0.4, -0.2) is 9.78 Å². The maximum absolute atomic E-state index is 5.98. The normalized spacial score (nSPS) is 15.7. The van der Waals surface area contributed by atoms with E-state index >= 15 is 0 Å². The molecule has 1 saturated carbocycles. The number of nitrogens with one attached hydrogen (secondary N) is 1. The lowest BCUT2D eigenvalue weighted by Gasteiger charge is -2.09. The van der Waals surface area contributed by atoms with Gasteiger partial charge in [-0.2, -0.15) is 5.10 Å². The van der Waals surface area contributed by atoms with Gasteiger partial charge in [0, 0.05) is 16.4 Å². The molecule has 0 bridgehead atoms. The molecule has 1 N–H and O–H groups in total. The third-order valence-electron chi connectivity index (χ3n) is 3.76. The van der Waals surface area contributed by atoms with Crippen LogP contribution in [0.4, 0.5) is 5.69 Å². The standard InChI is InChI=1S/C15H17BrClN3/c16-14-9-11(5-6-15(14)17)18-10-12-7-8-20(19-12)13-3-1-2-4-13/h5-9,13,18H,1-4,10H2. The number of hydrogen-bond acceptors (Lipinski definition) is 2. The highest BCUT2D eigenvalue weighted by atomic mass is 79.9. The monoisotopic (exact) mass is 353 g/mol. The number of hydrogen-bond donors (Lipinski definition) is 1. The summed E-state index contributed by atoms with van der Waals surface area (Å²) < 4.78 is 3.03. The summed E-state index contributed by atoms with van der Waals surface area (Å²) in [6.07, 6.45) is 7.29. The number of nitrogens with zero attached hydrogens (tertiary/aromatic N) is 2. The molecule has 1 fully saturated rings. The third kappa shape index (κ3) is 3.18. The fourth-order valence-corrected chi connectivity index (χ4v) is 3.14. The van der Waals surface area contributed by atoms with E-state index in [1.54, 1.807) is 0 Å². The number of rotatable bonds is 4. The van der Waals surface area contributed by atoms with Crippen molar-refractivity contribution in [1.82, 2.24) is 9.78 Å². The largest absolute Gasteiger partial charge is 0.379 e. The molecule has 0 radical (unpaired) electrons. The van der Waals surface area contributed by atoms with Gasteiger partial charge in [-0.05, 0) is 53.0 Å². The Morgan fingerprint density at radius 1 is 1.30 bits per heavy atom. The Morgan fingerprint density at radius 2 is 2.10 bits per heavy atom. The first kappa shape index (κ1) is 14.0. The minimum atomic E-state index is 0.605. The highest BCUT2D eigenvalue weighted by Gasteiger charge is 2.17. The van der Waals surface area contributed by atoms with Crippen LogP contribution in [0.15, 0.2) is 34.9 Å². The number of halogens is 2. The minimum absolute atomic E-state index is 0.605. The Kier molecular flexibility index (Phi) is 4.32. The quantitative estimate of drug-likeness (QED) is 0.835. The van der Waals surface area contributed by atoms with Gasteiger partial charge in [-0.3, -0.25) is 4.68 Å². The molecule has 0 spiro atoms. The van der Waals surface area contributed by atoms with E-state index in [0.717, 1.165) is 27.4 Å². The van der Waals surface area contributed by atoms with Gasteiger partial charge in [-0.25, -0.2) is 0 Å². The molecule has 0 aliphatic heterocycles. The summed E-state index contributed by atoms with van der Waals surface area (Å²) in [4.78, 5) is 0. The zero-order valence-corrected chi connectivity index (χ0v) is 13.5. The number of aromatic nitrogens is 2. The van der Waals surface area contributed by atoms with E-state index in [0.29, 0.717) is 6.04 Å². The third-order valence-corrected chi connectivity index (χ3v) is 4.97. The van der Waals surface area contributed by atoms with Crippen molar-refractivity contribution >= 4 is 33.2 Å². The summed E-state index contributed by atoms with van der Waals surface area (Å²) in [5.41, 5.74) is 2.11. The van der Waals surface area contributed by atoms with Crippen molar-refractivity contribution in [2.75, 3.05) is 5.32 Å². The fourth-order valence-electron chi connectivity index (χ4n) is 2.64. The van der Waals surface area contributed by atoms with E-state index in [1.807, 2.05) is 18.2 Å². The molecule has 1 heterocycles. The SMILES string of the molecule is Clc1ccc(NCc2ccn(C3CCCC3)n2)cc1Br.